The first-order valence-electron chi connectivity index (χ1n) is 5.81. The van der Waals surface area contributed by atoms with Gasteiger partial charge in [0.1, 0.15) is 5.82 Å². The van der Waals surface area contributed by atoms with Gasteiger partial charge in [-0.15, -0.1) is 0 Å². The van der Waals surface area contributed by atoms with E-state index in [-0.39, 0.29) is 12.0 Å². The molecular weight excluding hydrogens is 262 g/mol. The van der Waals surface area contributed by atoms with Gasteiger partial charge in [0, 0.05) is 6.04 Å². The summed E-state index contributed by atoms with van der Waals surface area (Å²) in [6, 6.07) is 2.11. The highest BCUT2D eigenvalue weighted by Gasteiger charge is 2.37. The van der Waals surface area contributed by atoms with E-state index in [2.05, 4.69) is 5.32 Å². The number of rotatable bonds is 3. The number of carbonyl (C=O) groups is 1. The van der Waals surface area contributed by atoms with Crippen molar-refractivity contribution in [2.75, 3.05) is 0 Å². The molecule has 0 aliphatic rings. The number of benzene rings is 1. The lowest BCUT2D eigenvalue weighted by atomic mass is 10.0. The summed E-state index contributed by atoms with van der Waals surface area (Å²) in [5.41, 5.74) is -2.22. The van der Waals surface area contributed by atoms with Crippen molar-refractivity contribution in [1.29, 1.82) is 0 Å². The van der Waals surface area contributed by atoms with Crippen LogP contribution < -0.4 is 5.32 Å². The Balaban J connectivity index is 3.16. The lowest BCUT2D eigenvalue weighted by molar-refractivity contribution is -0.138. The predicted molar refractivity (Wildman–Crippen MR) is 63.2 cm³/mol. The van der Waals surface area contributed by atoms with Crippen LogP contribution in [0.15, 0.2) is 18.2 Å². The van der Waals surface area contributed by atoms with Gasteiger partial charge in [0.2, 0.25) is 0 Å². The molecule has 0 aliphatic heterocycles. The van der Waals surface area contributed by atoms with Crippen LogP contribution in [0.4, 0.5) is 17.6 Å². The minimum atomic E-state index is -4.77. The summed E-state index contributed by atoms with van der Waals surface area (Å²) in [5, 5.41) is 2.37. The second-order valence-electron chi connectivity index (χ2n) is 4.67. The van der Waals surface area contributed by atoms with Crippen LogP contribution in [0.2, 0.25) is 0 Å². The Hall–Kier alpha value is -1.59. The van der Waals surface area contributed by atoms with Gasteiger partial charge in [0.25, 0.3) is 5.91 Å². The summed E-state index contributed by atoms with van der Waals surface area (Å²) < 4.78 is 51.7. The average Bonchev–Trinajstić information content (AvgIpc) is 2.26. The van der Waals surface area contributed by atoms with Crippen molar-refractivity contribution in [1.82, 2.24) is 5.32 Å². The third-order valence-corrected chi connectivity index (χ3v) is 2.90. The molecule has 2 nitrogen and oxygen atoms in total. The molecule has 6 heteroatoms. The number of hydrogen-bond donors (Lipinski definition) is 1. The number of halogens is 4. The number of alkyl halides is 3. The maximum Gasteiger partial charge on any atom is 0.417 e. The van der Waals surface area contributed by atoms with Crippen LogP contribution in [-0.2, 0) is 6.18 Å². The smallest absolute Gasteiger partial charge is 0.349 e. The molecule has 0 heterocycles. The SMILES string of the molecule is CC(C)C(C)NC(=O)c1c(F)cccc1C(F)(F)F. The van der Waals surface area contributed by atoms with E-state index in [9.17, 15) is 22.4 Å². The van der Waals surface area contributed by atoms with Gasteiger partial charge >= 0.3 is 6.18 Å². The van der Waals surface area contributed by atoms with E-state index in [4.69, 9.17) is 0 Å². The molecule has 0 spiro atoms. The van der Waals surface area contributed by atoms with Crippen molar-refractivity contribution in [2.24, 2.45) is 5.92 Å². The first-order chi connectivity index (χ1) is 8.64. The standard InChI is InChI=1S/C13H15F4NO/c1-7(2)8(3)18-12(19)11-9(13(15,16)17)5-4-6-10(11)14/h4-8H,1-3H3,(H,18,19). The average molecular weight is 277 g/mol. The quantitative estimate of drug-likeness (QED) is 0.840. The fraction of sp³-hybridized carbons (Fsp3) is 0.462. The van der Waals surface area contributed by atoms with E-state index in [0.717, 1.165) is 12.1 Å². The van der Waals surface area contributed by atoms with E-state index in [1.807, 2.05) is 0 Å². The summed E-state index contributed by atoms with van der Waals surface area (Å²) >= 11 is 0. The molecule has 0 radical (unpaired) electrons. The Morgan fingerprint density at radius 2 is 1.79 bits per heavy atom. The van der Waals surface area contributed by atoms with E-state index in [1.54, 1.807) is 20.8 Å². The van der Waals surface area contributed by atoms with Crippen molar-refractivity contribution in [2.45, 2.75) is 33.0 Å². The Morgan fingerprint density at radius 1 is 1.21 bits per heavy atom. The first kappa shape index (κ1) is 15.5. The molecule has 1 aromatic carbocycles. The van der Waals surface area contributed by atoms with Crippen LogP contribution in [0.25, 0.3) is 0 Å². The number of nitrogens with one attached hydrogen (secondary N) is 1. The van der Waals surface area contributed by atoms with Gasteiger partial charge in [-0.25, -0.2) is 4.39 Å². The number of hydrogen-bond acceptors (Lipinski definition) is 1. The molecule has 1 rings (SSSR count). The molecule has 0 saturated heterocycles. The molecule has 1 aromatic rings. The molecule has 0 bridgehead atoms. The molecule has 0 saturated carbocycles. The molecule has 0 aromatic heterocycles. The van der Waals surface area contributed by atoms with Crippen molar-refractivity contribution < 1.29 is 22.4 Å². The summed E-state index contributed by atoms with van der Waals surface area (Å²) in [5.74, 6) is -2.19. The zero-order chi connectivity index (χ0) is 14.8. The third-order valence-electron chi connectivity index (χ3n) is 2.90. The monoisotopic (exact) mass is 277 g/mol. The highest BCUT2D eigenvalue weighted by Crippen LogP contribution is 2.33. The molecule has 1 atom stereocenters. The molecule has 1 N–H and O–H groups in total. The number of amides is 1. The largest absolute Gasteiger partial charge is 0.417 e. The van der Waals surface area contributed by atoms with Gasteiger partial charge in [0.05, 0.1) is 11.1 Å². The first-order valence-corrected chi connectivity index (χ1v) is 5.81. The van der Waals surface area contributed by atoms with Crippen molar-refractivity contribution in [3.05, 3.63) is 35.1 Å². The van der Waals surface area contributed by atoms with Gasteiger partial charge in [-0.05, 0) is 25.0 Å². The van der Waals surface area contributed by atoms with Gasteiger partial charge < -0.3 is 5.32 Å². The highest BCUT2D eigenvalue weighted by molar-refractivity contribution is 5.96. The van der Waals surface area contributed by atoms with Crippen molar-refractivity contribution in [3.8, 4) is 0 Å². The molecular formula is C13H15F4NO. The topological polar surface area (TPSA) is 29.1 Å². The lowest BCUT2D eigenvalue weighted by Crippen LogP contribution is -2.37. The van der Waals surface area contributed by atoms with Crippen LogP contribution in [0, 0.1) is 11.7 Å². The zero-order valence-corrected chi connectivity index (χ0v) is 10.8. The summed E-state index contributed by atoms with van der Waals surface area (Å²) in [7, 11) is 0. The minimum Gasteiger partial charge on any atom is -0.349 e. The molecule has 19 heavy (non-hydrogen) atoms. The molecule has 106 valence electrons. The molecule has 1 unspecified atom stereocenters. The van der Waals surface area contributed by atoms with Crippen LogP contribution in [-0.4, -0.2) is 11.9 Å². The second-order valence-corrected chi connectivity index (χ2v) is 4.67. The van der Waals surface area contributed by atoms with Gasteiger partial charge in [-0.3, -0.25) is 4.79 Å². The molecule has 1 amide bonds. The van der Waals surface area contributed by atoms with E-state index in [0.29, 0.717) is 6.07 Å². The maximum atomic E-state index is 13.5. The van der Waals surface area contributed by atoms with Crippen LogP contribution in [0.5, 0.6) is 0 Å². The van der Waals surface area contributed by atoms with Crippen LogP contribution in [0.3, 0.4) is 0 Å². The Labute approximate surface area is 108 Å². The molecule has 0 fully saturated rings. The van der Waals surface area contributed by atoms with Gasteiger partial charge in [-0.2, -0.15) is 13.2 Å². The lowest BCUT2D eigenvalue weighted by Gasteiger charge is -2.19. The number of carbonyl (C=O) groups excluding carboxylic acids is 1. The third kappa shape index (κ3) is 3.68. The van der Waals surface area contributed by atoms with E-state index >= 15 is 0 Å². The van der Waals surface area contributed by atoms with Crippen molar-refractivity contribution in [3.63, 3.8) is 0 Å². The Bertz CT molecular complexity index is 468. The fourth-order valence-corrected chi connectivity index (χ4v) is 1.44. The molecule has 0 aliphatic carbocycles. The van der Waals surface area contributed by atoms with Crippen LogP contribution >= 0.6 is 0 Å². The zero-order valence-electron chi connectivity index (χ0n) is 10.8. The Morgan fingerprint density at radius 3 is 2.26 bits per heavy atom. The second kappa shape index (κ2) is 5.59. The van der Waals surface area contributed by atoms with E-state index < -0.39 is 29.0 Å². The fourth-order valence-electron chi connectivity index (χ4n) is 1.44. The summed E-state index contributed by atoms with van der Waals surface area (Å²) in [6.07, 6.45) is -4.77. The Kier molecular flexibility index (Phi) is 4.55. The van der Waals surface area contributed by atoms with Crippen LogP contribution in [0.1, 0.15) is 36.7 Å². The van der Waals surface area contributed by atoms with Crippen molar-refractivity contribution >= 4 is 5.91 Å². The van der Waals surface area contributed by atoms with E-state index in [1.165, 1.54) is 0 Å². The minimum absolute atomic E-state index is 0.0325. The highest BCUT2D eigenvalue weighted by atomic mass is 19.4. The maximum absolute atomic E-state index is 13.5. The predicted octanol–water partition coefficient (Wildman–Crippen LogP) is 3.62. The summed E-state index contributed by atoms with van der Waals surface area (Å²) in [6.45, 7) is 5.25. The van der Waals surface area contributed by atoms with Gasteiger partial charge in [0.15, 0.2) is 0 Å². The van der Waals surface area contributed by atoms with Gasteiger partial charge in [-0.1, -0.05) is 19.9 Å². The normalized spacial score (nSPS) is 13.5. The summed E-state index contributed by atoms with van der Waals surface area (Å²) in [4.78, 5) is 11.8.